The van der Waals surface area contributed by atoms with Crippen LogP contribution in [0, 0.1) is 13.8 Å². The third-order valence-corrected chi connectivity index (χ3v) is 6.34. The first-order valence-corrected chi connectivity index (χ1v) is 10.8. The highest BCUT2D eigenvalue weighted by molar-refractivity contribution is 6.31. The number of fused-ring (bicyclic) bond motifs is 1. The maximum Gasteiger partial charge on any atom is 0.266 e. The molecule has 1 unspecified atom stereocenters. The topological polar surface area (TPSA) is 55.2 Å². The largest absolute Gasteiger partial charge is 0.332 e. The fourth-order valence-corrected chi connectivity index (χ4v) is 4.02. The van der Waals surface area contributed by atoms with Crippen molar-refractivity contribution in [1.29, 1.82) is 0 Å². The van der Waals surface area contributed by atoms with Gasteiger partial charge >= 0.3 is 0 Å². The van der Waals surface area contributed by atoms with Crippen LogP contribution in [0.2, 0.25) is 5.02 Å². The average molecular weight is 446 g/mol. The molecule has 0 radical (unpaired) electrons. The van der Waals surface area contributed by atoms with Crippen LogP contribution >= 0.6 is 11.6 Å². The molecule has 162 valence electrons. The zero-order valence-electron chi connectivity index (χ0n) is 18.5. The van der Waals surface area contributed by atoms with Crippen LogP contribution in [0.4, 0.5) is 0 Å². The van der Waals surface area contributed by atoms with Gasteiger partial charge < -0.3 is 4.90 Å². The van der Waals surface area contributed by atoms with Crippen LogP contribution in [0.5, 0.6) is 0 Å². The Hall–Kier alpha value is -3.44. The van der Waals surface area contributed by atoms with E-state index in [0.29, 0.717) is 33.0 Å². The van der Waals surface area contributed by atoms with Gasteiger partial charge in [-0.25, -0.2) is 4.98 Å². The van der Waals surface area contributed by atoms with Crippen molar-refractivity contribution in [2.24, 2.45) is 0 Å². The Kier molecular flexibility index (Phi) is 5.85. The third kappa shape index (κ3) is 3.69. The molecule has 0 N–H and O–H groups in total. The monoisotopic (exact) mass is 445 g/mol. The lowest BCUT2D eigenvalue weighted by Gasteiger charge is -2.28. The Morgan fingerprint density at radius 3 is 2.44 bits per heavy atom. The summed E-state index contributed by atoms with van der Waals surface area (Å²) >= 11 is 6.38. The second-order valence-electron chi connectivity index (χ2n) is 7.92. The molecule has 0 saturated carbocycles. The number of hydrogen-bond acceptors (Lipinski definition) is 3. The van der Waals surface area contributed by atoms with Gasteiger partial charge in [0.1, 0.15) is 5.82 Å². The molecule has 0 fully saturated rings. The zero-order valence-corrected chi connectivity index (χ0v) is 19.2. The minimum absolute atomic E-state index is 0.132. The normalized spacial score (nSPS) is 12.0. The van der Waals surface area contributed by atoms with Gasteiger partial charge in [-0.3, -0.25) is 14.2 Å². The SMILES string of the molecule is Cc1ccccc1C(=O)N(C)C(C)c1nc2ccccc2c(=O)n1-c1cccc(Cl)c1C. The first-order chi connectivity index (χ1) is 15.3. The van der Waals surface area contributed by atoms with Crippen LogP contribution in [-0.4, -0.2) is 27.4 Å². The second-order valence-corrected chi connectivity index (χ2v) is 8.33. The van der Waals surface area contributed by atoms with E-state index in [1.807, 2.05) is 75.4 Å². The number of benzene rings is 3. The number of aromatic nitrogens is 2. The summed E-state index contributed by atoms with van der Waals surface area (Å²) in [5.74, 6) is 0.343. The van der Waals surface area contributed by atoms with Gasteiger partial charge in [0.25, 0.3) is 11.5 Å². The van der Waals surface area contributed by atoms with Crippen LogP contribution < -0.4 is 5.56 Å². The molecule has 0 aliphatic rings. The molecular weight excluding hydrogens is 422 g/mol. The van der Waals surface area contributed by atoms with Gasteiger partial charge in [-0.1, -0.05) is 48.0 Å². The summed E-state index contributed by atoms with van der Waals surface area (Å²) in [6.45, 7) is 5.66. The molecule has 3 aromatic carbocycles. The third-order valence-electron chi connectivity index (χ3n) is 5.93. The molecule has 0 saturated heterocycles. The lowest BCUT2D eigenvalue weighted by Crippen LogP contribution is -2.35. The second kappa shape index (κ2) is 8.60. The maximum atomic E-state index is 13.6. The van der Waals surface area contributed by atoms with Gasteiger partial charge in [-0.2, -0.15) is 0 Å². The van der Waals surface area contributed by atoms with E-state index in [2.05, 4.69) is 0 Å². The van der Waals surface area contributed by atoms with Gasteiger partial charge in [0, 0.05) is 17.6 Å². The molecule has 1 aromatic heterocycles. The molecule has 0 bridgehead atoms. The van der Waals surface area contributed by atoms with Crippen molar-refractivity contribution in [1.82, 2.24) is 14.5 Å². The molecule has 4 rings (SSSR count). The Labute approximate surface area is 191 Å². The lowest BCUT2D eigenvalue weighted by atomic mass is 10.1. The Balaban J connectivity index is 1.93. The number of hydrogen-bond donors (Lipinski definition) is 0. The molecule has 1 amide bonds. The number of carbonyl (C=O) groups excluding carboxylic acids is 1. The predicted octanol–water partition coefficient (Wildman–Crippen LogP) is 5.49. The van der Waals surface area contributed by atoms with Crippen LogP contribution in [0.25, 0.3) is 16.6 Å². The first-order valence-electron chi connectivity index (χ1n) is 10.4. The average Bonchev–Trinajstić information content (AvgIpc) is 2.80. The van der Waals surface area contributed by atoms with Gasteiger partial charge in [0.05, 0.1) is 22.6 Å². The molecule has 0 aliphatic heterocycles. The standard InChI is InChI=1S/C26H24ClN3O2/c1-16-10-5-6-11-19(16)25(31)29(4)18(3)24-28-22-14-8-7-12-20(22)26(32)30(24)23-15-9-13-21(27)17(23)2/h5-15,18H,1-4H3. The van der Waals surface area contributed by atoms with E-state index in [0.717, 1.165) is 11.1 Å². The van der Waals surface area contributed by atoms with E-state index >= 15 is 0 Å². The highest BCUT2D eigenvalue weighted by Crippen LogP contribution is 2.27. The summed E-state index contributed by atoms with van der Waals surface area (Å²) in [4.78, 5) is 33.3. The molecule has 32 heavy (non-hydrogen) atoms. The number of nitrogens with zero attached hydrogens (tertiary/aromatic N) is 3. The number of halogens is 1. The number of aryl methyl sites for hydroxylation is 1. The maximum absolute atomic E-state index is 13.6. The molecule has 4 aromatic rings. The highest BCUT2D eigenvalue weighted by atomic mass is 35.5. The summed E-state index contributed by atoms with van der Waals surface area (Å²) in [6.07, 6.45) is 0. The van der Waals surface area contributed by atoms with Gasteiger partial charge in [0.15, 0.2) is 0 Å². The number of rotatable bonds is 4. The van der Waals surface area contributed by atoms with Crippen molar-refractivity contribution in [3.63, 3.8) is 0 Å². The molecule has 6 heteroatoms. The van der Waals surface area contributed by atoms with E-state index < -0.39 is 6.04 Å². The van der Waals surface area contributed by atoms with Crippen molar-refractivity contribution in [3.8, 4) is 5.69 Å². The Morgan fingerprint density at radius 1 is 1.00 bits per heavy atom. The van der Waals surface area contributed by atoms with Gasteiger partial charge in [-0.05, 0) is 62.2 Å². The van der Waals surface area contributed by atoms with Crippen LogP contribution in [0.1, 0.15) is 40.3 Å². The molecule has 0 aliphatic carbocycles. The number of carbonyl (C=O) groups is 1. The molecule has 1 atom stereocenters. The lowest BCUT2D eigenvalue weighted by molar-refractivity contribution is 0.0734. The molecule has 1 heterocycles. The summed E-state index contributed by atoms with van der Waals surface area (Å²) < 4.78 is 1.58. The van der Waals surface area contributed by atoms with Gasteiger partial charge in [0.2, 0.25) is 0 Å². The first kappa shape index (κ1) is 21.8. The predicted molar refractivity (Wildman–Crippen MR) is 129 cm³/mol. The summed E-state index contributed by atoms with van der Waals surface area (Å²) in [5, 5.41) is 1.07. The summed E-state index contributed by atoms with van der Waals surface area (Å²) in [7, 11) is 1.73. The molecule has 0 spiro atoms. The zero-order chi connectivity index (χ0) is 23.0. The minimum Gasteiger partial charge on any atom is -0.332 e. The van der Waals surface area contributed by atoms with Crippen molar-refractivity contribution < 1.29 is 4.79 Å². The van der Waals surface area contributed by atoms with E-state index in [4.69, 9.17) is 16.6 Å². The Morgan fingerprint density at radius 2 is 1.69 bits per heavy atom. The van der Waals surface area contributed by atoms with Crippen LogP contribution in [-0.2, 0) is 0 Å². The van der Waals surface area contributed by atoms with Gasteiger partial charge in [-0.15, -0.1) is 0 Å². The van der Waals surface area contributed by atoms with Crippen molar-refractivity contribution in [2.75, 3.05) is 7.05 Å². The number of amides is 1. The van der Waals surface area contributed by atoms with Crippen molar-refractivity contribution in [3.05, 3.63) is 105 Å². The van der Waals surface area contributed by atoms with E-state index in [9.17, 15) is 9.59 Å². The molecule has 5 nitrogen and oxygen atoms in total. The van der Waals surface area contributed by atoms with Crippen LogP contribution in [0.3, 0.4) is 0 Å². The minimum atomic E-state index is -0.474. The highest BCUT2D eigenvalue weighted by Gasteiger charge is 2.26. The van der Waals surface area contributed by atoms with Crippen molar-refractivity contribution >= 4 is 28.4 Å². The molecular formula is C26H24ClN3O2. The smallest absolute Gasteiger partial charge is 0.266 e. The van der Waals surface area contributed by atoms with E-state index in [-0.39, 0.29) is 11.5 Å². The van der Waals surface area contributed by atoms with E-state index in [1.54, 1.807) is 28.6 Å². The number of para-hydroxylation sites is 1. The fraction of sp³-hybridized carbons (Fsp3) is 0.192. The van der Waals surface area contributed by atoms with E-state index in [1.165, 1.54) is 0 Å². The summed E-state index contributed by atoms with van der Waals surface area (Å²) in [5.41, 5.74) is 3.34. The van der Waals surface area contributed by atoms with Crippen molar-refractivity contribution in [2.45, 2.75) is 26.8 Å². The summed E-state index contributed by atoms with van der Waals surface area (Å²) in [6, 6.07) is 19.7. The Bertz CT molecular complexity index is 1390. The van der Waals surface area contributed by atoms with Crippen LogP contribution in [0.15, 0.2) is 71.5 Å². The fourth-order valence-electron chi connectivity index (χ4n) is 3.85. The quantitative estimate of drug-likeness (QED) is 0.417.